The van der Waals surface area contributed by atoms with Gasteiger partial charge < -0.3 is 14.3 Å². The van der Waals surface area contributed by atoms with Crippen LogP contribution in [0, 0.1) is 0 Å². The zero-order valence-electron chi connectivity index (χ0n) is 17.8. The van der Waals surface area contributed by atoms with Crippen LogP contribution in [0.25, 0.3) is 11.0 Å². The van der Waals surface area contributed by atoms with Crippen LogP contribution in [0.15, 0.2) is 77.2 Å². The van der Waals surface area contributed by atoms with E-state index in [0.717, 1.165) is 41.6 Å². The van der Waals surface area contributed by atoms with Gasteiger partial charge in [0.25, 0.3) is 0 Å². The maximum absolute atomic E-state index is 13.3. The molecule has 0 unspecified atom stereocenters. The van der Waals surface area contributed by atoms with E-state index in [4.69, 9.17) is 14.3 Å². The van der Waals surface area contributed by atoms with Gasteiger partial charge in [0, 0.05) is 17.4 Å². The first kappa shape index (κ1) is 21.4. The molecule has 0 saturated heterocycles. The first-order chi connectivity index (χ1) is 15.6. The Balaban J connectivity index is 1.50. The molecule has 0 saturated carbocycles. The predicted octanol–water partition coefficient (Wildman–Crippen LogP) is 6.28. The molecule has 0 fully saturated rings. The van der Waals surface area contributed by atoms with E-state index >= 15 is 0 Å². The number of fused-ring (bicyclic) bond motifs is 1. The highest BCUT2D eigenvalue weighted by atomic mass is 16.5. The highest BCUT2D eigenvalue weighted by molar-refractivity contribution is 6.16. The molecule has 0 aliphatic carbocycles. The van der Waals surface area contributed by atoms with Gasteiger partial charge in [0.05, 0.1) is 11.1 Å². The smallest absolute Gasteiger partial charge is 0.335 e. The second-order valence-electron chi connectivity index (χ2n) is 7.64. The maximum atomic E-state index is 13.3. The lowest BCUT2D eigenvalue weighted by Gasteiger charge is -2.08. The van der Waals surface area contributed by atoms with Crippen molar-refractivity contribution in [3.8, 4) is 5.75 Å². The monoisotopic (exact) mass is 428 g/mol. The number of ketones is 1. The molecular formula is C27H24O5. The van der Waals surface area contributed by atoms with Gasteiger partial charge in [0.1, 0.15) is 23.7 Å². The van der Waals surface area contributed by atoms with E-state index in [0.29, 0.717) is 23.5 Å². The van der Waals surface area contributed by atoms with Crippen LogP contribution < -0.4 is 4.74 Å². The molecule has 0 radical (unpaired) electrons. The SMILES string of the molecule is CCCCc1oc2ccccc2c1C(=O)c1ccc(OCc2ccc(C(=O)O)cc2)cc1. The van der Waals surface area contributed by atoms with Gasteiger partial charge in [-0.15, -0.1) is 0 Å². The number of hydrogen-bond donors (Lipinski definition) is 1. The Hall–Kier alpha value is -3.86. The lowest BCUT2D eigenvalue weighted by Crippen LogP contribution is -2.04. The number of aromatic carboxylic acids is 1. The zero-order valence-corrected chi connectivity index (χ0v) is 17.8. The molecule has 1 aromatic heterocycles. The Morgan fingerprint density at radius 3 is 2.28 bits per heavy atom. The zero-order chi connectivity index (χ0) is 22.5. The number of ether oxygens (including phenoxy) is 1. The standard InChI is InChI=1S/C27H24O5/c1-2-3-7-24-25(22-6-4-5-8-23(22)32-24)26(28)19-13-15-21(16-14-19)31-17-18-9-11-20(12-10-18)27(29)30/h4-6,8-16H,2-3,7,17H2,1H3,(H,29,30). The summed E-state index contributed by atoms with van der Waals surface area (Å²) in [5.41, 5.74) is 3.05. The van der Waals surface area contributed by atoms with Gasteiger partial charge in [-0.3, -0.25) is 4.79 Å². The molecule has 32 heavy (non-hydrogen) atoms. The van der Waals surface area contributed by atoms with Crippen LogP contribution in [0.4, 0.5) is 0 Å². The molecule has 162 valence electrons. The van der Waals surface area contributed by atoms with Gasteiger partial charge in [-0.1, -0.05) is 43.7 Å². The van der Waals surface area contributed by atoms with Crippen molar-refractivity contribution in [2.45, 2.75) is 32.8 Å². The fourth-order valence-corrected chi connectivity index (χ4v) is 3.62. The summed E-state index contributed by atoms with van der Waals surface area (Å²) in [4.78, 5) is 24.3. The normalized spacial score (nSPS) is 10.9. The van der Waals surface area contributed by atoms with E-state index < -0.39 is 5.97 Å². The third-order valence-electron chi connectivity index (χ3n) is 5.38. The van der Waals surface area contributed by atoms with Crippen LogP contribution in [0.1, 0.15) is 57.4 Å². The average molecular weight is 428 g/mol. The molecule has 1 N–H and O–H groups in total. The van der Waals surface area contributed by atoms with Gasteiger partial charge >= 0.3 is 5.97 Å². The van der Waals surface area contributed by atoms with Crippen molar-refractivity contribution >= 4 is 22.7 Å². The minimum absolute atomic E-state index is 0.0585. The predicted molar refractivity (Wildman–Crippen MR) is 122 cm³/mol. The molecule has 5 nitrogen and oxygen atoms in total. The molecule has 0 spiro atoms. The number of carboxylic acids is 1. The average Bonchev–Trinajstić information content (AvgIpc) is 3.20. The summed E-state index contributed by atoms with van der Waals surface area (Å²) in [7, 11) is 0. The topological polar surface area (TPSA) is 76.7 Å². The van der Waals surface area contributed by atoms with Crippen molar-refractivity contribution in [1.82, 2.24) is 0 Å². The van der Waals surface area contributed by atoms with Gasteiger partial charge in [0.15, 0.2) is 5.78 Å². The summed E-state index contributed by atoms with van der Waals surface area (Å²) in [6, 6.07) is 21.3. The van der Waals surface area contributed by atoms with Gasteiger partial charge in [-0.25, -0.2) is 4.79 Å². The molecule has 0 atom stereocenters. The van der Waals surface area contributed by atoms with E-state index in [-0.39, 0.29) is 11.3 Å². The number of furan rings is 1. The van der Waals surface area contributed by atoms with E-state index in [1.54, 1.807) is 48.5 Å². The highest BCUT2D eigenvalue weighted by Gasteiger charge is 2.21. The van der Waals surface area contributed by atoms with E-state index in [9.17, 15) is 9.59 Å². The van der Waals surface area contributed by atoms with Crippen LogP contribution in [-0.2, 0) is 13.0 Å². The van der Waals surface area contributed by atoms with Crippen molar-refractivity contribution < 1.29 is 23.8 Å². The minimum atomic E-state index is -0.957. The maximum Gasteiger partial charge on any atom is 0.335 e. The molecule has 0 aliphatic heterocycles. The number of rotatable bonds is 9. The molecule has 0 bridgehead atoms. The largest absolute Gasteiger partial charge is 0.489 e. The fraction of sp³-hybridized carbons (Fsp3) is 0.185. The highest BCUT2D eigenvalue weighted by Crippen LogP contribution is 2.30. The van der Waals surface area contributed by atoms with Crippen LogP contribution in [0.5, 0.6) is 5.75 Å². The van der Waals surface area contributed by atoms with E-state index in [1.807, 2.05) is 24.3 Å². The third-order valence-corrected chi connectivity index (χ3v) is 5.38. The summed E-state index contributed by atoms with van der Waals surface area (Å²) in [5.74, 6) is 0.355. The molecule has 0 amide bonds. The van der Waals surface area contributed by atoms with Crippen LogP contribution in [0.2, 0.25) is 0 Å². The first-order valence-electron chi connectivity index (χ1n) is 10.7. The molecule has 3 aromatic carbocycles. The fourth-order valence-electron chi connectivity index (χ4n) is 3.62. The number of benzene rings is 3. The van der Waals surface area contributed by atoms with Crippen molar-refractivity contribution in [1.29, 1.82) is 0 Å². The summed E-state index contributed by atoms with van der Waals surface area (Å²) in [6.45, 7) is 2.42. The van der Waals surface area contributed by atoms with Gasteiger partial charge in [-0.05, 0) is 54.4 Å². The summed E-state index contributed by atoms with van der Waals surface area (Å²) in [5, 5.41) is 9.82. The Morgan fingerprint density at radius 2 is 1.59 bits per heavy atom. The van der Waals surface area contributed by atoms with Gasteiger partial charge in [0.2, 0.25) is 0 Å². The molecular weight excluding hydrogens is 404 g/mol. The number of aryl methyl sites for hydroxylation is 1. The van der Waals surface area contributed by atoms with Crippen LogP contribution in [0.3, 0.4) is 0 Å². The Bertz CT molecular complexity index is 1230. The van der Waals surface area contributed by atoms with Crippen molar-refractivity contribution in [3.05, 3.63) is 101 Å². The minimum Gasteiger partial charge on any atom is -0.489 e. The Labute approximate surface area is 186 Å². The number of carboxylic acid groups (broad SMARTS) is 1. The van der Waals surface area contributed by atoms with Crippen molar-refractivity contribution in [2.24, 2.45) is 0 Å². The van der Waals surface area contributed by atoms with Crippen molar-refractivity contribution in [3.63, 3.8) is 0 Å². The second kappa shape index (κ2) is 9.52. The lowest BCUT2D eigenvalue weighted by atomic mass is 9.98. The van der Waals surface area contributed by atoms with Crippen LogP contribution >= 0.6 is 0 Å². The Kier molecular flexibility index (Phi) is 6.36. The number of unbranched alkanes of at least 4 members (excludes halogenated alkanes) is 1. The Morgan fingerprint density at radius 1 is 0.906 bits per heavy atom. The molecule has 4 aromatic rings. The summed E-state index contributed by atoms with van der Waals surface area (Å²) in [6.07, 6.45) is 2.71. The first-order valence-corrected chi connectivity index (χ1v) is 10.7. The lowest BCUT2D eigenvalue weighted by molar-refractivity contribution is 0.0696. The number of hydrogen-bond acceptors (Lipinski definition) is 4. The van der Waals surface area contributed by atoms with Crippen LogP contribution in [-0.4, -0.2) is 16.9 Å². The quantitative estimate of drug-likeness (QED) is 0.317. The molecule has 4 rings (SSSR count). The molecule has 1 heterocycles. The molecule has 0 aliphatic rings. The summed E-state index contributed by atoms with van der Waals surface area (Å²) >= 11 is 0. The third kappa shape index (κ3) is 4.57. The number of carbonyl (C=O) groups excluding carboxylic acids is 1. The van der Waals surface area contributed by atoms with E-state index in [2.05, 4.69) is 6.92 Å². The van der Waals surface area contributed by atoms with E-state index in [1.165, 1.54) is 0 Å². The second-order valence-corrected chi connectivity index (χ2v) is 7.64. The molecule has 5 heteroatoms. The number of para-hydroxylation sites is 1. The van der Waals surface area contributed by atoms with Crippen molar-refractivity contribution in [2.75, 3.05) is 0 Å². The summed E-state index contributed by atoms with van der Waals surface area (Å²) < 4.78 is 11.8. The van der Waals surface area contributed by atoms with Gasteiger partial charge in [-0.2, -0.15) is 0 Å². The number of carbonyl (C=O) groups is 2.